The molecule has 5 heteroatoms. The molecule has 0 fully saturated rings. The second-order valence-electron chi connectivity index (χ2n) is 4.32. The lowest BCUT2D eigenvalue weighted by atomic mass is 10.3. The third-order valence-electron chi connectivity index (χ3n) is 2.34. The van der Waals surface area contributed by atoms with Crippen LogP contribution >= 0.6 is 11.8 Å². The second-order valence-corrected chi connectivity index (χ2v) is 5.61. The largest absolute Gasteiger partial charge is 0.353 e. The molecule has 2 atom stereocenters. The predicted molar refractivity (Wildman–Crippen MR) is 69.8 cm³/mol. The molecule has 2 unspecified atom stereocenters. The lowest BCUT2D eigenvalue weighted by Crippen LogP contribution is -2.46. The van der Waals surface area contributed by atoms with Gasteiger partial charge in [-0.2, -0.15) is 0 Å². The highest BCUT2D eigenvalue weighted by Gasteiger charge is 2.21. The molecule has 0 spiro atoms. The Kier molecular flexibility index (Phi) is 5.12. The van der Waals surface area contributed by atoms with Crippen molar-refractivity contribution in [2.24, 2.45) is 4.99 Å². The van der Waals surface area contributed by atoms with Crippen molar-refractivity contribution in [3.05, 3.63) is 0 Å². The van der Waals surface area contributed by atoms with E-state index in [1.807, 2.05) is 20.8 Å². The predicted octanol–water partition coefficient (Wildman–Crippen LogP) is 1.37. The Morgan fingerprint density at radius 2 is 2.25 bits per heavy atom. The minimum Gasteiger partial charge on any atom is -0.353 e. The van der Waals surface area contributed by atoms with E-state index in [9.17, 15) is 4.79 Å². The fourth-order valence-electron chi connectivity index (χ4n) is 1.37. The van der Waals surface area contributed by atoms with Gasteiger partial charge in [0.2, 0.25) is 5.91 Å². The molecule has 0 bridgehead atoms. The van der Waals surface area contributed by atoms with Crippen LogP contribution in [0.15, 0.2) is 4.99 Å². The first-order valence-corrected chi connectivity index (χ1v) is 6.69. The molecule has 0 aromatic heterocycles. The van der Waals surface area contributed by atoms with E-state index in [1.54, 1.807) is 11.8 Å². The van der Waals surface area contributed by atoms with E-state index in [0.717, 1.165) is 18.1 Å². The summed E-state index contributed by atoms with van der Waals surface area (Å²) in [5.41, 5.74) is 0. The second kappa shape index (κ2) is 6.13. The summed E-state index contributed by atoms with van der Waals surface area (Å²) in [6.45, 7) is 8.80. The standard InChI is InChI=1S/C11H21N3OS/c1-5-9-6-12-11(16-9)14-8(4)10(15)13-7(2)3/h7-9H,5-6H2,1-4H3,(H,12,14)(H,13,15). The smallest absolute Gasteiger partial charge is 0.242 e. The Morgan fingerprint density at radius 3 is 2.75 bits per heavy atom. The van der Waals surface area contributed by atoms with Gasteiger partial charge in [0, 0.05) is 11.3 Å². The topological polar surface area (TPSA) is 53.5 Å². The summed E-state index contributed by atoms with van der Waals surface area (Å²) in [7, 11) is 0. The van der Waals surface area contributed by atoms with Crippen LogP contribution in [-0.2, 0) is 4.79 Å². The number of amidine groups is 1. The molecule has 1 amide bonds. The summed E-state index contributed by atoms with van der Waals surface area (Å²) in [6, 6.07) is -0.0393. The number of aliphatic imine (C=N–C) groups is 1. The van der Waals surface area contributed by atoms with E-state index in [4.69, 9.17) is 0 Å². The third kappa shape index (κ3) is 4.04. The van der Waals surface area contributed by atoms with Crippen LogP contribution in [0, 0.1) is 0 Å². The lowest BCUT2D eigenvalue weighted by Gasteiger charge is -2.16. The normalized spacial score (nSPS) is 21.8. The average Bonchev–Trinajstić information content (AvgIpc) is 2.64. The van der Waals surface area contributed by atoms with E-state index in [0.29, 0.717) is 5.25 Å². The van der Waals surface area contributed by atoms with Crippen molar-refractivity contribution in [3.8, 4) is 0 Å². The van der Waals surface area contributed by atoms with Crippen LogP contribution in [0.1, 0.15) is 34.1 Å². The van der Waals surface area contributed by atoms with E-state index < -0.39 is 0 Å². The quantitative estimate of drug-likeness (QED) is 0.784. The highest BCUT2D eigenvalue weighted by molar-refractivity contribution is 8.14. The number of amides is 1. The number of carbonyl (C=O) groups is 1. The molecule has 0 saturated carbocycles. The van der Waals surface area contributed by atoms with Gasteiger partial charge in [0.05, 0.1) is 6.54 Å². The average molecular weight is 243 g/mol. The van der Waals surface area contributed by atoms with Gasteiger partial charge >= 0.3 is 0 Å². The number of nitrogens with zero attached hydrogens (tertiary/aromatic N) is 1. The van der Waals surface area contributed by atoms with Crippen molar-refractivity contribution in [2.45, 2.75) is 51.4 Å². The Morgan fingerprint density at radius 1 is 1.56 bits per heavy atom. The summed E-state index contributed by atoms with van der Waals surface area (Å²) in [4.78, 5) is 16.0. The van der Waals surface area contributed by atoms with Gasteiger partial charge in [0.25, 0.3) is 0 Å². The van der Waals surface area contributed by atoms with Crippen LogP contribution in [-0.4, -0.2) is 35.0 Å². The van der Waals surface area contributed by atoms with Crippen LogP contribution in [0.25, 0.3) is 0 Å². The van der Waals surface area contributed by atoms with Gasteiger partial charge in [-0.15, -0.1) is 0 Å². The first-order chi connectivity index (χ1) is 7.52. The summed E-state index contributed by atoms with van der Waals surface area (Å²) in [6.07, 6.45) is 1.12. The zero-order valence-electron chi connectivity index (χ0n) is 10.4. The maximum absolute atomic E-state index is 11.7. The molecular formula is C11H21N3OS. The molecule has 1 aliphatic heterocycles. The highest BCUT2D eigenvalue weighted by atomic mass is 32.2. The minimum absolute atomic E-state index is 0.0262. The zero-order chi connectivity index (χ0) is 12.1. The fourth-order valence-corrected chi connectivity index (χ4v) is 2.39. The van der Waals surface area contributed by atoms with Crippen molar-refractivity contribution in [3.63, 3.8) is 0 Å². The molecule has 2 N–H and O–H groups in total. The number of nitrogens with one attached hydrogen (secondary N) is 2. The molecule has 1 aliphatic rings. The van der Waals surface area contributed by atoms with Crippen LogP contribution in [0.4, 0.5) is 0 Å². The van der Waals surface area contributed by atoms with Crippen LogP contribution in [0.2, 0.25) is 0 Å². The molecule has 0 radical (unpaired) electrons. The van der Waals surface area contributed by atoms with E-state index in [-0.39, 0.29) is 18.0 Å². The first-order valence-electron chi connectivity index (χ1n) is 5.81. The van der Waals surface area contributed by atoms with Crippen LogP contribution in [0.3, 0.4) is 0 Å². The van der Waals surface area contributed by atoms with Crippen molar-refractivity contribution in [1.82, 2.24) is 10.6 Å². The number of hydrogen-bond donors (Lipinski definition) is 2. The summed E-state index contributed by atoms with van der Waals surface area (Å²) < 4.78 is 0. The molecule has 4 nitrogen and oxygen atoms in total. The maximum atomic E-state index is 11.7. The van der Waals surface area contributed by atoms with Gasteiger partial charge in [0.1, 0.15) is 6.04 Å². The molecule has 0 aromatic rings. The van der Waals surface area contributed by atoms with E-state index in [1.165, 1.54) is 0 Å². The molecule has 1 heterocycles. The van der Waals surface area contributed by atoms with Gasteiger partial charge < -0.3 is 10.6 Å². The van der Waals surface area contributed by atoms with Gasteiger partial charge in [-0.05, 0) is 27.2 Å². The van der Waals surface area contributed by atoms with Crippen molar-refractivity contribution in [2.75, 3.05) is 6.54 Å². The third-order valence-corrected chi connectivity index (χ3v) is 3.62. The molecule has 16 heavy (non-hydrogen) atoms. The van der Waals surface area contributed by atoms with Crippen LogP contribution in [0.5, 0.6) is 0 Å². The Hall–Kier alpha value is -0.710. The molecule has 0 aliphatic carbocycles. The number of hydrogen-bond acceptors (Lipinski definition) is 4. The Balaban J connectivity index is 2.35. The van der Waals surface area contributed by atoms with Crippen molar-refractivity contribution < 1.29 is 4.79 Å². The van der Waals surface area contributed by atoms with Crippen molar-refractivity contribution >= 4 is 22.8 Å². The number of rotatable bonds is 4. The maximum Gasteiger partial charge on any atom is 0.242 e. The molecule has 0 aromatic carbocycles. The number of thioether (sulfide) groups is 1. The van der Waals surface area contributed by atoms with Crippen molar-refractivity contribution in [1.29, 1.82) is 0 Å². The van der Waals surface area contributed by atoms with E-state index in [2.05, 4.69) is 22.5 Å². The lowest BCUT2D eigenvalue weighted by molar-refractivity contribution is -0.122. The fraction of sp³-hybridized carbons (Fsp3) is 0.818. The van der Waals surface area contributed by atoms with Gasteiger partial charge in [-0.3, -0.25) is 9.79 Å². The van der Waals surface area contributed by atoms with Gasteiger partial charge in [-0.1, -0.05) is 18.7 Å². The first kappa shape index (κ1) is 13.4. The van der Waals surface area contributed by atoms with Crippen LogP contribution < -0.4 is 10.6 Å². The molecule has 92 valence electrons. The van der Waals surface area contributed by atoms with Gasteiger partial charge in [-0.25, -0.2) is 0 Å². The summed E-state index contributed by atoms with van der Waals surface area (Å²) in [5, 5.41) is 7.50. The van der Waals surface area contributed by atoms with Gasteiger partial charge in [0.15, 0.2) is 5.17 Å². The summed E-state index contributed by atoms with van der Waals surface area (Å²) >= 11 is 1.73. The molecule has 1 rings (SSSR count). The molecule has 0 saturated heterocycles. The monoisotopic (exact) mass is 243 g/mol. The molecular weight excluding hydrogens is 222 g/mol. The number of carbonyl (C=O) groups excluding carboxylic acids is 1. The minimum atomic E-state index is -0.218. The SMILES string of the molecule is CCC1CN=C(NC(C)C(=O)NC(C)C)S1. The van der Waals surface area contributed by atoms with E-state index >= 15 is 0 Å². The zero-order valence-corrected chi connectivity index (χ0v) is 11.2. The Bertz CT molecular complexity index is 278. The summed E-state index contributed by atoms with van der Waals surface area (Å²) in [5.74, 6) is 0.0262. The Labute approximate surface area is 102 Å². The highest BCUT2D eigenvalue weighted by Crippen LogP contribution is 2.22.